The van der Waals surface area contributed by atoms with E-state index in [0.717, 1.165) is 23.8 Å². The molecule has 34 heavy (non-hydrogen) atoms. The SMILES string of the molecule is CNS(=O)(=O)CCNc1ccc(-c2cc(F)ccc2F)cc1-c1ccn(Cc2cccnc2)n1. The molecule has 4 rings (SSSR count). The molecule has 0 radical (unpaired) electrons. The Bertz CT molecular complexity index is 1390. The van der Waals surface area contributed by atoms with Crippen LogP contribution in [0.5, 0.6) is 0 Å². The molecule has 0 aliphatic carbocycles. The lowest BCUT2D eigenvalue weighted by atomic mass is 9.99. The molecule has 0 saturated heterocycles. The average molecular weight is 484 g/mol. The maximum absolute atomic E-state index is 14.4. The number of hydrogen-bond donors (Lipinski definition) is 2. The summed E-state index contributed by atoms with van der Waals surface area (Å²) in [6.45, 7) is 0.662. The Morgan fingerprint density at radius 2 is 1.88 bits per heavy atom. The Balaban J connectivity index is 1.69. The van der Waals surface area contributed by atoms with Crippen LogP contribution in [0.4, 0.5) is 14.5 Å². The molecule has 2 N–H and O–H groups in total. The number of halogens is 2. The van der Waals surface area contributed by atoms with Crippen molar-refractivity contribution in [2.24, 2.45) is 0 Å². The standard InChI is InChI=1S/C24H23F2N5O2S/c1-27-34(32,33)12-10-29-23-7-4-18(20-14-19(25)5-6-22(20)26)13-21(23)24-8-11-31(30-24)16-17-3-2-9-28-15-17/h2-9,11,13-15,27,29H,10,12,16H2,1H3. The largest absolute Gasteiger partial charge is 0.383 e. The van der Waals surface area contributed by atoms with Crippen LogP contribution >= 0.6 is 0 Å². The first-order valence-electron chi connectivity index (χ1n) is 10.5. The van der Waals surface area contributed by atoms with Crippen molar-refractivity contribution in [2.75, 3.05) is 24.7 Å². The molecular formula is C24H23F2N5O2S. The zero-order chi connectivity index (χ0) is 24.1. The highest BCUT2D eigenvalue weighted by molar-refractivity contribution is 7.89. The van der Waals surface area contributed by atoms with Crippen LogP contribution in [0.25, 0.3) is 22.4 Å². The number of sulfonamides is 1. The number of nitrogens with zero attached hydrogens (tertiary/aromatic N) is 3. The van der Waals surface area contributed by atoms with E-state index < -0.39 is 21.7 Å². The fourth-order valence-corrected chi connectivity index (χ4v) is 4.07. The summed E-state index contributed by atoms with van der Waals surface area (Å²) in [4.78, 5) is 4.11. The maximum Gasteiger partial charge on any atom is 0.213 e. The monoisotopic (exact) mass is 483 g/mol. The van der Waals surface area contributed by atoms with Crippen molar-refractivity contribution in [3.05, 3.63) is 90.4 Å². The summed E-state index contributed by atoms with van der Waals surface area (Å²) in [5, 5.41) is 7.75. The zero-order valence-electron chi connectivity index (χ0n) is 18.4. The predicted molar refractivity (Wildman–Crippen MR) is 128 cm³/mol. The zero-order valence-corrected chi connectivity index (χ0v) is 19.2. The van der Waals surface area contributed by atoms with Gasteiger partial charge in [-0.3, -0.25) is 9.67 Å². The third-order valence-corrected chi connectivity index (χ3v) is 6.60. The minimum atomic E-state index is -3.39. The van der Waals surface area contributed by atoms with E-state index in [1.807, 2.05) is 24.4 Å². The van der Waals surface area contributed by atoms with Crippen LogP contribution < -0.4 is 10.0 Å². The average Bonchev–Trinajstić information content (AvgIpc) is 3.29. The van der Waals surface area contributed by atoms with Crippen molar-refractivity contribution in [3.8, 4) is 22.4 Å². The molecule has 0 saturated carbocycles. The van der Waals surface area contributed by atoms with Crippen LogP contribution in [0.3, 0.4) is 0 Å². The fourth-order valence-electron chi connectivity index (χ4n) is 3.49. The van der Waals surface area contributed by atoms with Crippen LogP contribution in [0, 0.1) is 11.6 Å². The summed E-state index contributed by atoms with van der Waals surface area (Å²) in [6, 6.07) is 14.0. The van der Waals surface area contributed by atoms with Gasteiger partial charge in [0.25, 0.3) is 0 Å². The smallest absolute Gasteiger partial charge is 0.213 e. The summed E-state index contributed by atoms with van der Waals surface area (Å²) in [6.07, 6.45) is 5.26. The Kier molecular flexibility index (Phi) is 6.99. The molecule has 0 bridgehead atoms. The summed E-state index contributed by atoms with van der Waals surface area (Å²) < 4.78 is 55.8. The highest BCUT2D eigenvalue weighted by atomic mass is 32.2. The quantitative estimate of drug-likeness (QED) is 0.377. The van der Waals surface area contributed by atoms with Crippen molar-refractivity contribution in [3.63, 3.8) is 0 Å². The predicted octanol–water partition coefficient (Wildman–Crippen LogP) is 3.90. The van der Waals surface area contributed by atoms with Gasteiger partial charge in [0.05, 0.1) is 18.0 Å². The Morgan fingerprint density at radius 3 is 2.65 bits per heavy atom. The van der Waals surface area contributed by atoms with Gasteiger partial charge in [-0.2, -0.15) is 5.10 Å². The molecule has 2 heterocycles. The van der Waals surface area contributed by atoms with Crippen molar-refractivity contribution in [1.82, 2.24) is 19.5 Å². The second-order valence-electron chi connectivity index (χ2n) is 7.59. The van der Waals surface area contributed by atoms with E-state index in [4.69, 9.17) is 0 Å². The normalized spacial score (nSPS) is 11.5. The number of aromatic nitrogens is 3. The third kappa shape index (κ3) is 5.64. The number of benzene rings is 2. The van der Waals surface area contributed by atoms with Crippen molar-refractivity contribution < 1.29 is 17.2 Å². The van der Waals surface area contributed by atoms with E-state index in [9.17, 15) is 17.2 Å². The van der Waals surface area contributed by atoms with E-state index >= 15 is 0 Å². The van der Waals surface area contributed by atoms with Gasteiger partial charge in [0.15, 0.2) is 0 Å². The number of pyridine rings is 1. The van der Waals surface area contributed by atoms with Gasteiger partial charge in [0, 0.05) is 41.9 Å². The molecule has 0 atom stereocenters. The molecule has 0 amide bonds. The van der Waals surface area contributed by atoms with Gasteiger partial charge in [-0.05, 0) is 60.6 Å². The molecule has 2 aromatic carbocycles. The molecule has 0 spiro atoms. The van der Waals surface area contributed by atoms with Crippen LogP contribution in [-0.4, -0.2) is 42.5 Å². The van der Waals surface area contributed by atoms with Crippen LogP contribution in [0.15, 0.2) is 73.2 Å². The van der Waals surface area contributed by atoms with Gasteiger partial charge in [0.2, 0.25) is 10.0 Å². The summed E-state index contributed by atoms with van der Waals surface area (Å²) in [7, 11) is -2.03. The van der Waals surface area contributed by atoms with Crippen LogP contribution in [0.1, 0.15) is 5.56 Å². The van der Waals surface area contributed by atoms with Gasteiger partial charge < -0.3 is 5.32 Å². The first-order chi connectivity index (χ1) is 16.3. The minimum Gasteiger partial charge on any atom is -0.383 e. The second kappa shape index (κ2) is 10.1. The number of hydrogen-bond acceptors (Lipinski definition) is 5. The molecule has 0 aliphatic heterocycles. The molecule has 2 aromatic heterocycles. The first kappa shape index (κ1) is 23.5. The Labute approximate surface area is 196 Å². The van der Waals surface area contributed by atoms with Crippen molar-refractivity contribution in [2.45, 2.75) is 6.54 Å². The van der Waals surface area contributed by atoms with Crippen LogP contribution in [0.2, 0.25) is 0 Å². The summed E-state index contributed by atoms with van der Waals surface area (Å²) in [5.74, 6) is -1.22. The molecule has 0 fully saturated rings. The lowest BCUT2D eigenvalue weighted by molar-refractivity contribution is 0.588. The third-order valence-electron chi connectivity index (χ3n) is 5.24. The highest BCUT2D eigenvalue weighted by Gasteiger charge is 2.15. The Hall–Kier alpha value is -3.63. The molecular weight excluding hydrogens is 460 g/mol. The molecule has 7 nitrogen and oxygen atoms in total. The van der Waals surface area contributed by atoms with E-state index in [1.54, 1.807) is 35.3 Å². The minimum absolute atomic E-state index is 0.125. The molecule has 4 aromatic rings. The second-order valence-corrected chi connectivity index (χ2v) is 9.64. The maximum atomic E-state index is 14.4. The highest BCUT2D eigenvalue weighted by Crippen LogP contribution is 2.33. The number of anilines is 1. The first-order valence-corrected chi connectivity index (χ1v) is 12.2. The van der Waals surface area contributed by atoms with Gasteiger partial charge >= 0.3 is 0 Å². The fraction of sp³-hybridized carbons (Fsp3) is 0.167. The van der Waals surface area contributed by atoms with E-state index in [-0.39, 0.29) is 17.9 Å². The van der Waals surface area contributed by atoms with Gasteiger partial charge in [-0.15, -0.1) is 0 Å². The Morgan fingerprint density at radius 1 is 1.03 bits per heavy atom. The molecule has 0 unspecified atom stereocenters. The van der Waals surface area contributed by atoms with Gasteiger partial charge in [-0.25, -0.2) is 21.9 Å². The van der Waals surface area contributed by atoms with Crippen LogP contribution in [-0.2, 0) is 16.6 Å². The van der Waals surface area contributed by atoms with E-state index in [0.29, 0.717) is 29.1 Å². The molecule has 176 valence electrons. The van der Waals surface area contributed by atoms with E-state index in [1.165, 1.54) is 7.05 Å². The lowest BCUT2D eigenvalue weighted by Gasteiger charge is -2.14. The number of nitrogens with one attached hydrogen (secondary N) is 2. The van der Waals surface area contributed by atoms with Gasteiger partial charge in [0.1, 0.15) is 11.6 Å². The van der Waals surface area contributed by atoms with Gasteiger partial charge in [-0.1, -0.05) is 12.1 Å². The topological polar surface area (TPSA) is 88.9 Å². The molecule has 0 aliphatic rings. The van der Waals surface area contributed by atoms with E-state index in [2.05, 4.69) is 20.1 Å². The summed E-state index contributed by atoms with van der Waals surface area (Å²) >= 11 is 0. The summed E-state index contributed by atoms with van der Waals surface area (Å²) in [5.41, 5.74) is 3.43. The lowest BCUT2D eigenvalue weighted by Crippen LogP contribution is -2.26. The van der Waals surface area contributed by atoms with Crippen molar-refractivity contribution >= 4 is 15.7 Å². The molecule has 10 heteroatoms. The number of rotatable bonds is 9. The van der Waals surface area contributed by atoms with Crippen molar-refractivity contribution in [1.29, 1.82) is 0 Å².